The molecule has 164 valence electrons. The molecule has 2 N–H and O–H groups in total. The normalized spacial score (nSPS) is 23.0. The minimum atomic E-state index is -4.42. The van der Waals surface area contributed by atoms with Gasteiger partial charge in [-0.25, -0.2) is 0 Å². The molecule has 4 nitrogen and oxygen atoms in total. The molecule has 1 unspecified atom stereocenters. The molecule has 1 aliphatic carbocycles. The maximum atomic E-state index is 13.2. The van der Waals surface area contributed by atoms with Crippen molar-refractivity contribution < 1.29 is 18.0 Å². The van der Waals surface area contributed by atoms with E-state index < -0.39 is 11.7 Å². The Morgan fingerprint density at radius 1 is 1.10 bits per heavy atom. The van der Waals surface area contributed by atoms with Crippen LogP contribution in [0.5, 0.6) is 0 Å². The third kappa shape index (κ3) is 5.12. The number of nitrogens with one attached hydrogen (secondary N) is 2. The van der Waals surface area contributed by atoms with Crippen molar-refractivity contribution in [2.24, 2.45) is 11.3 Å². The smallest absolute Gasteiger partial charge is 0.370 e. The summed E-state index contributed by atoms with van der Waals surface area (Å²) in [7, 11) is 0. The first-order valence-electron chi connectivity index (χ1n) is 9.87. The van der Waals surface area contributed by atoms with Gasteiger partial charge in [-0.2, -0.15) is 13.2 Å². The average Bonchev–Trinajstić information content (AvgIpc) is 3.35. The van der Waals surface area contributed by atoms with Crippen LogP contribution in [0.25, 0.3) is 0 Å². The maximum absolute atomic E-state index is 13.2. The minimum Gasteiger partial charge on any atom is -0.370 e. The Balaban J connectivity index is 0.00000150. The summed E-state index contributed by atoms with van der Waals surface area (Å²) in [4.78, 5) is 14.9. The second kappa shape index (κ2) is 9.31. The summed E-state index contributed by atoms with van der Waals surface area (Å²) in [6.07, 6.45) is 1.53. The van der Waals surface area contributed by atoms with Gasteiger partial charge in [0.2, 0.25) is 5.91 Å². The molecule has 2 aliphatic heterocycles. The Bertz CT molecular complexity index is 717. The summed E-state index contributed by atoms with van der Waals surface area (Å²) < 4.78 is 39.6. The molecular formula is C20H28Cl2F3N3O. The summed E-state index contributed by atoms with van der Waals surface area (Å²) in [6.45, 7) is 3.44. The zero-order valence-electron chi connectivity index (χ0n) is 16.2. The molecule has 9 heteroatoms. The molecule has 2 saturated heterocycles. The van der Waals surface area contributed by atoms with Gasteiger partial charge in [0, 0.05) is 19.0 Å². The van der Waals surface area contributed by atoms with Crippen LogP contribution >= 0.6 is 24.8 Å². The number of alkyl halides is 3. The topological polar surface area (TPSA) is 44.4 Å². The molecule has 1 spiro atoms. The number of anilines is 2. The van der Waals surface area contributed by atoms with Gasteiger partial charge in [0.1, 0.15) is 0 Å². The van der Waals surface area contributed by atoms with Gasteiger partial charge in [0.05, 0.1) is 16.9 Å². The fraction of sp³-hybridized carbons (Fsp3) is 0.650. The van der Waals surface area contributed by atoms with Crippen LogP contribution in [-0.4, -0.2) is 32.1 Å². The molecule has 3 aliphatic rings. The third-order valence-corrected chi connectivity index (χ3v) is 6.38. The van der Waals surface area contributed by atoms with Crippen molar-refractivity contribution in [2.75, 3.05) is 36.4 Å². The summed E-state index contributed by atoms with van der Waals surface area (Å²) in [5.74, 6) is -0.210. The molecule has 4 rings (SSSR count). The average molecular weight is 454 g/mol. The van der Waals surface area contributed by atoms with Crippen LogP contribution in [0.1, 0.15) is 44.1 Å². The van der Waals surface area contributed by atoms with E-state index in [4.69, 9.17) is 0 Å². The van der Waals surface area contributed by atoms with Crippen molar-refractivity contribution in [1.29, 1.82) is 0 Å². The van der Waals surface area contributed by atoms with Crippen molar-refractivity contribution in [3.63, 3.8) is 0 Å². The number of nitrogens with zero attached hydrogens (tertiary/aromatic N) is 1. The summed E-state index contributed by atoms with van der Waals surface area (Å²) in [5, 5.41) is 6.16. The summed E-state index contributed by atoms with van der Waals surface area (Å²) in [5.41, 5.74) is 0.345. The van der Waals surface area contributed by atoms with E-state index >= 15 is 0 Å². The highest BCUT2D eigenvalue weighted by Gasteiger charge is 2.57. The Labute approximate surface area is 181 Å². The zero-order chi connectivity index (χ0) is 19.1. The molecule has 0 bridgehead atoms. The lowest BCUT2D eigenvalue weighted by Gasteiger charge is -2.31. The van der Waals surface area contributed by atoms with Crippen LogP contribution in [0, 0.1) is 11.3 Å². The Hall–Kier alpha value is -1.18. The number of amides is 1. The molecule has 2 heterocycles. The molecule has 3 fully saturated rings. The van der Waals surface area contributed by atoms with E-state index in [2.05, 4.69) is 15.5 Å². The van der Waals surface area contributed by atoms with Crippen LogP contribution < -0.4 is 15.5 Å². The van der Waals surface area contributed by atoms with E-state index in [-0.39, 0.29) is 42.1 Å². The number of carbonyl (C=O) groups excluding carboxylic acids is 1. The van der Waals surface area contributed by atoms with Gasteiger partial charge in [-0.15, -0.1) is 24.8 Å². The highest BCUT2D eigenvalue weighted by molar-refractivity contribution is 5.98. The first kappa shape index (κ1) is 24.1. The minimum absolute atomic E-state index is 0. The van der Waals surface area contributed by atoms with Crippen LogP contribution in [0.15, 0.2) is 18.2 Å². The van der Waals surface area contributed by atoms with Crippen LogP contribution in [0.4, 0.5) is 24.5 Å². The van der Waals surface area contributed by atoms with E-state index in [1.54, 1.807) is 0 Å². The van der Waals surface area contributed by atoms with Crippen LogP contribution in [-0.2, 0) is 11.0 Å². The van der Waals surface area contributed by atoms with E-state index in [1.165, 1.54) is 6.07 Å². The second-order valence-electron chi connectivity index (χ2n) is 8.14. The van der Waals surface area contributed by atoms with Crippen molar-refractivity contribution in [3.05, 3.63) is 23.8 Å². The monoisotopic (exact) mass is 453 g/mol. The molecule has 0 aromatic heterocycles. The number of hydrogen-bond donors (Lipinski definition) is 2. The quantitative estimate of drug-likeness (QED) is 0.685. The third-order valence-electron chi connectivity index (χ3n) is 6.38. The van der Waals surface area contributed by atoms with Gasteiger partial charge in [-0.1, -0.05) is 0 Å². The van der Waals surface area contributed by atoms with Crippen LogP contribution in [0.3, 0.4) is 0 Å². The van der Waals surface area contributed by atoms with E-state index in [0.717, 1.165) is 76.8 Å². The lowest BCUT2D eigenvalue weighted by molar-refractivity contribution is -0.137. The van der Waals surface area contributed by atoms with Gasteiger partial charge in [0.25, 0.3) is 0 Å². The van der Waals surface area contributed by atoms with E-state index in [0.29, 0.717) is 11.4 Å². The number of hydrogen-bond acceptors (Lipinski definition) is 3. The number of carbonyl (C=O) groups is 1. The molecule has 1 saturated carbocycles. The summed E-state index contributed by atoms with van der Waals surface area (Å²) in [6, 6.07) is 3.72. The molecule has 1 atom stereocenters. The predicted molar refractivity (Wildman–Crippen MR) is 113 cm³/mol. The standard InChI is InChI=1S/C20H26F3N3O.2ClH/c21-20(22,23)14-4-5-17(26-10-2-1-3-11-26)16(12-14)25-18(27)15-13-19(15)6-8-24-9-7-19;;/h4-5,12,15,24H,1-3,6-11,13H2,(H,25,27);2*1H. The SMILES string of the molecule is Cl.Cl.O=C(Nc1cc(C(F)(F)F)ccc1N1CCCCC1)C1CC12CCNCC2. The van der Waals surface area contributed by atoms with Gasteiger partial charge < -0.3 is 15.5 Å². The molecule has 0 radical (unpaired) electrons. The van der Waals surface area contributed by atoms with E-state index in [9.17, 15) is 18.0 Å². The van der Waals surface area contributed by atoms with Crippen molar-refractivity contribution in [2.45, 2.75) is 44.7 Å². The van der Waals surface area contributed by atoms with Gasteiger partial charge >= 0.3 is 6.18 Å². The second-order valence-corrected chi connectivity index (χ2v) is 8.14. The number of halogens is 5. The molecule has 1 amide bonds. The first-order chi connectivity index (χ1) is 12.9. The number of benzene rings is 1. The van der Waals surface area contributed by atoms with Gasteiger partial charge in [-0.05, 0) is 75.2 Å². The summed E-state index contributed by atoms with van der Waals surface area (Å²) >= 11 is 0. The largest absolute Gasteiger partial charge is 0.416 e. The van der Waals surface area contributed by atoms with Gasteiger partial charge in [-0.3, -0.25) is 4.79 Å². The van der Waals surface area contributed by atoms with Crippen molar-refractivity contribution in [1.82, 2.24) is 5.32 Å². The van der Waals surface area contributed by atoms with Gasteiger partial charge in [0.15, 0.2) is 0 Å². The Kier molecular flexibility index (Phi) is 7.74. The number of piperidine rings is 2. The van der Waals surface area contributed by atoms with Crippen molar-refractivity contribution >= 4 is 42.1 Å². The maximum Gasteiger partial charge on any atom is 0.416 e. The molecule has 1 aromatic carbocycles. The van der Waals surface area contributed by atoms with Crippen LogP contribution in [0.2, 0.25) is 0 Å². The molecular weight excluding hydrogens is 426 g/mol. The van der Waals surface area contributed by atoms with Crippen molar-refractivity contribution in [3.8, 4) is 0 Å². The number of rotatable bonds is 3. The fourth-order valence-electron chi connectivity index (χ4n) is 4.64. The Morgan fingerprint density at radius 2 is 1.76 bits per heavy atom. The molecule has 29 heavy (non-hydrogen) atoms. The first-order valence-corrected chi connectivity index (χ1v) is 9.87. The zero-order valence-corrected chi connectivity index (χ0v) is 17.8. The highest BCUT2D eigenvalue weighted by atomic mass is 35.5. The lowest BCUT2D eigenvalue weighted by atomic mass is 9.91. The molecule has 1 aromatic rings. The highest BCUT2D eigenvalue weighted by Crippen LogP contribution is 2.59. The fourth-order valence-corrected chi connectivity index (χ4v) is 4.64. The van der Waals surface area contributed by atoms with E-state index in [1.807, 2.05) is 0 Å². The predicted octanol–water partition coefficient (Wildman–Crippen LogP) is 4.87. The lowest BCUT2D eigenvalue weighted by Crippen LogP contribution is -2.32. The Morgan fingerprint density at radius 3 is 2.38 bits per heavy atom.